The van der Waals surface area contributed by atoms with Crippen LogP contribution in [0.3, 0.4) is 0 Å². The van der Waals surface area contributed by atoms with Gasteiger partial charge in [-0.1, -0.05) is 52.7 Å². The molecular weight excluding hydrogens is 168 g/mol. The van der Waals surface area contributed by atoms with E-state index in [1.165, 1.54) is 25.7 Å². The van der Waals surface area contributed by atoms with Crippen molar-refractivity contribution < 1.29 is 0 Å². The van der Waals surface area contributed by atoms with Crippen LogP contribution in [-0.2, 0) is 0 Å². The Morgan fingerprint density at radius 2 is 1.64 bits per heavy atom. The Morgan fingerprint density at radius 1 is 1.07 bits per heavy atom. The number of hydrogen-bond donors (Lipinski definition) is 0. The first-order valence-electron chi connectivity index (χ1n) is 6.26. The van der Waals surface area contributed by atoms with Crippen molar-refractivity contribution in [3.8, 4) is 0 Å². The molecule has 0 radical (unpaired) electrons. The van der Waals surface area contributed by atoms with Gasteiger partial charge in [0, 0.05) is 0 Å². The molecule has 0 heteroatoms. The van der Waals surface area contributed by atoms with Crippen molar-refractivity contribution in [2.75, 3.05) is 0 Å². The van der Waals surface area contributed by atoms with Crippen LogP contribution >= 0.6 is 0 Å². The van der Waals surface area contributed by atoms with Gasteiger partial charge in [-0.15, -0.1) is 0 Å². The Kier molecular flexibility index (Phi) is 7.93. The van der Waals surface area contributed by atoms with Gasteiger partial charge >= 0.3 is 0 Å². The highest BCUT2D eigenvalue weighted by atomic mass is 14.2. The SMILES string of the molecule is CC=CCC(C)CC(C)C(CC)CC. The minimum atomic E-state index is 0.849. The minimum absolute atomic E-state index is 0.849. The molecule has 2 atom stereocenters. The lowest BCUT2D eigenvalue weighted by Gasteiger charge is -2.23. The Bertz CT molecular complexity index is 142. The summed E-state index contributed by atoms with van der Waals surface area (Å²) in [6.07, 6.45) is 9.78. The van der Waals surface area contributed by atoms with Crippen LogP contribution < -0.4 is 0 Å². The lowest BCUT2D eigenvalue weighted by Crippen LogP contribution is -2.13. The summed E-state index contributed by atoms with van der Waals surface area (Å²) in [7, 11) is 0. The molecule has 0 nitrogen and oxygen atoms in total. The van der Waals surface area contributed by atoms with Crippen LogP contribution in [0.15, 0.2) is 12.2 Å². The zero-order chi connectivity index (χ0) is 11.0. The van der Waals surface area contributed by atoms with Gasteiger partial charge in [0.05, 0.1) is 0 Å². The summed E-state index contributed by atoms with van der Waals surface area (Å²) in [5, 5.41) is 0. The van der Waals surface area contributed by atoms with Crippen molar-refractivity contribution in [2.24, 2.45) is 17.8 Å². The summed E-state index contributed by atoms with van der Waals surface area (Å²) in [5.41, 5.74) is 0. The maximum Gasteiger partial charge on any atom is -0.0325 e. The molecule has 0 aliphatic rings. The highest BCUT2D eigenvalue weighted by Gasteiger charge is 2.15. The average Bonchev–Trinajstić information content (AvgIpc) is 2.16. The van der Waals surface area contributed by atoms with Crippen molar-refractivity contribution >= 4 is 0 Å². The van der Waals surface area contributed by atoms with E-state index in [4.69, 9.17) is 0 Å². The molecule has 0 rings (SSSR count). The van der Waals surface area contributed by atoms with Gasteiger partial charge in [-0.05, 0) is 37.5 Å². The van der Waals surface area contributed by atoms with E-state index in [-0.39, 0.29) is 0 Å². The third-order valence-corrected chi connectivity index (χ3v) is 3.40. The quantitative estimate of drug-likeness (QED) is 0.500. The highest BCUT2D eigenvalue weighted by molar-refractivity contribution is 4.80. The lowest BCUT2D eigenvalue weighted by molar-refractivity contribution is 0.281. The highest BCUT2D eigenvalue weighted by Crippen LogP contribution is 2.26. The molecule has 0 N–H and O–H groups in total. The predicted octanol–water partition coefficient (Wildman–Crippen LogP) is 5.05. The molecule has 0 aromatic carbocycles. The fraction of sp³-hybridized carbons (Fsp3) is 0.857. The van der Waals surface area contributed by atoms with E-state index in [0.717, 1.165) is 17.8 Å². The molecule has 0 saturated heterocycles. The van der Waals surface area contributed by atoms with Crippen LogP contribution in [0.4, 0.5) is 0 Å². The molecule has 14 heavy (non-hydrogen) atoms. The van der Waals surface area contributed by atoms with Crippen LogP contribution in [0.1, 0.15) is 60.3 Å². The first kappa shape index (κ1) is 13.7. The minimum Gasteiger partial charge on any atom is -0.0917 e. The number of allylic oxidation sites excluding steroid dienone is 2. The van der Waals surface area contributed by atoms with E-state index in [2.05, 4.69) is 46.8 Å². The first-order valence-corrected chi connectivity index (χ1v) is 6.26. The van der Waals surface area contributed by atoms with Gasteiger partial charge in [-0.2, -0.15) is 0 Å². The maximum absolute atomic E-state index is 2.42. The maximum atomic E-state index is 2.42. The van der Waals surface area contributed by atoms with Gasteiger partial charge < -0.3 is 0 Å². The van der Waals surface area contributed by atoms with Gasteiger partial charge in [0.2, 0.25) is 0 Å². The largest absolute Gasteiger partial charge is 0.0917 e. The second kappa shape index (κ2) is 8.08. The monoisotopic (exact) mass is 196 g/mol. The molecule has 0 aliphatic carbocycles. The van der Waals surface area contributed by atoms with Crippen LogP contribution in [-0.4, -0.2) is 0 Å². The second-order valence-corrected chi connectivity index (χ2v) is 4.70. The van der Waals surface area contributed by atoms with Crippen LogP contribution in [0.5, 0.6) is 0 Å². The fourth-order valence-electron chi connectivity index (χ4n) is 2.39. The molecule has 2 unspecified atom stereocenters. The first-order chi connectivity index (χ1) is 6.65. The zero-order valence-corrected chi connectivity index (χ0v) is 10.7. The Morgan fingerprint density at radius 3 is 2.07 bits per heavy atom. The molecule has 0 bridgehead atoms. The summed E-state index contributed by atoms with van der Waals surface area (Å²) >= 11 is 0. The second-order valence-electron chi connectivity index (χ2n) is 4.70. The number of hydrogen-bond acceptors (Lipinski definition) is 0. The van der Waals surface area contributed by atoms with Crippen molar-refractivity contribution in [3.05, 3.63) is 12.2 Å². The van der Waals surface area contributed by atoms with Crippen molar-refractivity contribution in [1.29, 1.82) is 0 Å². The van der Waals surface area contributed by atoms with Gasteiger partial charge in [0.15, 0.2) is 0 Å². The van der Waals surface area contributed by atoms with E-state index in [1.54, 1.807) is 0 Å². The molecule has 0 spiro atoms. The molecule has 0 saturated carbocycles. The van der Waals surface area contributed by atoms with Gasteiger partial charge in [0.1, 0.15) is 0 Å². The predicted molar refractivity (Wildman–Crippen MR) is 66.4 cm³/mol. The van der Waals surface area contributed by atoms with E-state index in [1.807, 2.05) is 0 Å². The Labute approximate surface area is 90.8 Å². The molecule has 0 aromatic heterocycles. The molecule has 0 aromatic rings. The summed E-state index contributed by atoms with van der Waals surface area (Å²) in [6.45, 7) is 11.5. The van der Waals surface area contributed by atoms with Crippen LogP contribution in [0.25, 0.3) is 0 Å². The number of rotatable bonds is 7. The zero-order valence-electron chi connectivity index (χ0n) is 10.7. The van der Waals surface area contributed by atoms with Crippen LogP contribution in [0.2, 0.25) is 0 Å². The van der Waals surface area contributed by atoms with Crippen molar-refractivity contribution in [3.63, 3.8) is 0 Å². The average molecular weight is 196 g/mol. The molecule has 0 amide bonds. The third-order valence-electron chi connectivity index (χ3n) is 3.40. The van der Waals surface area contributed by atoms with Gasteiger partial charge in [-0.25, -0.2) is 0 Å². The van der Waals surface area contributed by atoms with Crippen molar-refractivity contribution in [2.45, 2.75) is 60.3 Å². The molecular formula is C14H28. The molecule has 0 fully saturated rings. The van der Waals surface area contributed by atoms with E-state index in [9.17, 15) is 0 Å². The molecule has 84 valence electrons. The van der Waals surface area contributed by atoms with E-state index >= 15 is 0 Å². The third kappa shape index (κ3) is 5.47. The smallest absolute Gasteiger partial charge is 0.0325 e. The van der Waals surface area contributed by atoms with E-state index in [0.29, 0.717) is 0 Å². The molecule has 0 aliphatic heterocycles. The summed E-state index contributed by atoms with van der Waals surface area (Å²) in [6, 6.07) is 0. The Balaban J connectivity index is 3.84. The summed E-state index contributed by atoms with van der Waals surface area (Å²) in [5.74, 6) is 2.68. The van der Waals surface area contributed by atoms with E-state index < -0.39 is 0 Å². The summed E-state index contributed by atoms with van der Waals surface area (Å²) < 4.78 is 0. The normalized spacial score (nSPS) is 16.4. The lowest BCUT2D eigenvalue weighted by atomic mass is 9.82. The standard InChI is InChI=1S/C14H28/c1-6-9-10-12(4)11-13(5)14(7-2)8-3/h6,9,12-14H,7-8,10-11H2,1-5H3. The fourth-order valence-corrected chi connectivity index (χ4v) is 2.39. The van der Waals surface area contributed by atoms with Gasteiger partial charge in [-0.3, -0.25) is 0 Å². The Hall–Kier alpha value is -0.260. The van der Waals surface area contributed by atoms with Crippen LogP contribution in [0, 0.1) is 17.8 Å². The van der Waals surface area contributed by atoms with Crippen molar-refractivity contribution in [1.82, 2.24) is 0 Å². The topological polar surface area (TPSA) is 0 Å². The van der Waals surface area contributed by atoms with Gasteiger partial charge in [0.25, 0.3) is 0 Å². The summed E-state index contributed by atoms with van der Waals surface area (Å²) in [4.78, 5) is 0. The molecule has 0 heterocycles.